The highest BCUT2D eigenvalue weighted by molar-refractivity contribution is 7.71. The second-order valence-corrected chi connectivity index (χ2v) is 6.00. The number of halogens is 3. The van der Waals surface area contributed by atoms with Crippen LogP contribution in [0.5, 0.6) is 5.75 Å². The SMILES string of the molecule is CC(C)(C)c1c[nH]c(=S)n1-c1cccc(OC(F)(F)F)c1. The number of nitrogens with one attached hydrogen (secondary N) is 1. The fourth-order valence-electron chi connectivity index (χ4n) is 2.00. The summed E-state index contributed by atoms with van der Waals surface area (Å²) in [6.07, 6.45) is -2.95. The van der Waals surface area contributed by atoms with Crippen LogP contribution in [0.3, 0.4) is 0 Å². The first-order valence-corrected chi connectivity index (χ1v) is 6.66. The molecule has 21 heavy (non-hydrogen) atoms. The van der Waals surface area contributed by atoms with Crippen molar-refractivity contribution in [2.45, 2.75) is 32.5 Å². The van der Waals surface area contributed by atoms with Gasteiger partial charge in [-0.2, -0.15) is 0 Å². The zero-order valence-electron chi connectivity index (χ0n) is 11.8. The molecule has 1 heterocycles. The maximum Gasteiger partial charge on any atom is 0.573 e. The Morgan fingerprint density at radius 2 is 1.86 bits per heavy atom. The molecule has 0 fully saturated rings. The lowest BCUT2D eigenvalue weighted by atomic mass is 9.92. The molecule has 2 rings (SSSR count). The van der Waals surface area contributed by atoms with Crippen molar-refractivity contribution in [3.05, 3.63) is 40.9 Å². The van der Waals surface area contributed by atoms with Gasteiger partial charge in [-0.3, -0.25) is 4.57 Å². The second kappa shape index (κ2) is 5.22. The Labute approximate surface area is 125 Å². The van der Waals surface area contributed by atoms with Crippen LogP contribution >= 0.6 is 12.2 Å². The molecule has 1 aromatic carbocycles. The smallest absolute Gasteiger partial charge is 0.406 e. The Kier molecular flexibility index (Phi) is 3.88. The van der Waals surface area contributed by atoms with Gasteiger partial charge in [0.15, 0.2) is 4.77 Å². The average molecular weight is 316 g/mol. The van der Waals surface area contributed by atoms with Gasteiger partial charge in [-0.05, 0) is 24.4 Å². The number of nitrogens with zero attached hydrogens (tertiary/aromatic N) is 1. The van der Waals surface area contributed by atoms with Gasteiger partial charge in [0, 0.05) is 23.4 Å². The van der Waals surface area contributed by atoms with E-state index in [1.807, 2.05) is 20.8 Å². The predicted molar refractivity (Wildman–Crippen MR) is 76.3 cm³/mol. The number of imidazole rings is 1. The quantitative estimate of drug-likeness (QED) is 0.812. The minimum atomic E-state index is -4.72. The molecular formula is C14H15F3N2OS. The zero-order chi connectivity index (χ0) is 15.8. The monoisotopic (exact) mass is 316 g/mol. The largest absolute Gasteiger partial charge is 0.573 e. The highest BCUT2D eigenvalue weighted by Gasteiger charge is 2.31. The molecule has 0 bridgehead atoms. The Morgan fingerprint density at radius 1 is 1.19 bits per heavy atom. The Hall–Kier alpha value is -1.76. The lowest BCUT2D eigenvalue weighted by Gasteiger charge is -2.21. The minimum Gasteiger partial charge on any atom is -0.406 e. The molecule has 0 atom stereocenters. The fraction of sp³-hybridized carbons (Fsp3) is 0.357. The van der Waals surface area contributed by atoms with E-state index in [0.717, 1.165) is 5.69 Å². The zero-order valence-corrected chi connectivity index (χ0v) is 12.6. The van der Waals surface area contributed by atoms with Crippen molar-refractivity contribution in [3.8, 4) is 11.4 Å². The fourth-order valence-corrected chi connectivity index (χ4v) is 2.26. The van der Waals surface area contributed by atoms with E-state index in [9.17, 15) is 13.2 Å². The van der Waals surface area contributed by atoms with Crippen molar-refractivity contribution in [3.63, 3.8) is 0 Å². The third-order valence-electron chi connectivity index (χ3n) is 2.85. The van der Waals surface area contributed by atoms with Gasteiger partial charge < -0.3 is 9.72 Å². The molecule has 0 unspecified atom stereocenters. The summed E-state index contributed by atoms with van der Waals surface area (Å²) in [4.78, 5) is 2.92. The number of aromatic amines is 1. The average Bonchev–Trinajstić information content (AvgIpc) is 2.69. The molecule has 0 amide bonds. The first kappa shape index (κ1) is 15.6. The lowest BCUT2D eigenvalue weighted by Crippen LogP contribution is -2.18. The molecule has 0 saturated carbocycles. The van der Waals surface area contributed by atoms with Crippen LogP contribution in [0.25, 0.3) is 5.69 Å². The van der Waals surface area contributed by atoms with Crippen molar-refractivity contribution >= 4 is 12.2 Å². The summed E-state index contributed by atoms with van der Waals surface area (Å²) in [5.41, 5.74) is 1.18. The molecular weight excluding hydrogens is 301 g/mol. The van der Waals surface area contributed by atoms with Gasteiger partial charge in [0.2, 0.25) is 0 Å². The molecule has 0 saturated heterocycles. The van der Waals surface area contributed by atoms with Crippen molar-refractivity contribution in [1.82, 2.24) is 9.55 Å². The van der Waals surface area contributed by atoms with E-state index in [1.54, 1.807) is 16.8 Å². The van der Waals surface area contributed by atoms with Crippen LogP contribution in [-0.4, -0.2) is 15.9 Å². The van der Waals surface area contributed by atoms with Crippen LogP contribution in [-0.2, 0) is 5.41 Å². The number of aromatic nitrogens is 2. The van der Waals surface area contributed by atoms with E-state index >= 15 is 0 Å². The van der Waals surface area contributed by atoms with Gasteiger partial charge in [0.1, 0.15) is 5.75 Å². The lowest BCUT2D eigenvalue weighted by molar-refractivity contribution is -0.274. The summed E-state index contributed by atoms with van der Waals surface area (Å²) in [7, 11) is 0. The third kappa shape index (κ3) is 3.66. The highest BCUT2D eigenvalue weighted by Crippen LogP contribution is 2.28. The third-order valence-corrected chi connectivity index (χ3v) is 3.15. The summed E-state index contributed by atoms with van der Waals surface area (Å²) in [5.74, 6) is -0.275. The second-order valence-electron chi connectivity index (χ2n) is 5.61. The minimum absolute atomic E-state index is 0.214. The Bertz CT molecular complexity index is 695. The van der Waals surface area contributed by atoms with Gasteiger partial charge in [-0.1, -0.05) is 26.8 Å². The van der Waals surface area contributed by atoms with Crippen molar-refractivity contribution in [2.24, 2.45) is 0 Å². The van der Waals surface area contributed by atoms with Crippen molar-refractivity contribution in [1.29, 1.82) is 0 Å². The van der Waals surface area contributed by atoms with Crippen LogP contribution in [0, 0.1) is 4.77 Å². The normalized spacial score (nSPS) is 12.5. The molecule has 1 N–H and O–H groups in total. The van der Waals surface area contributed by atoms with Gasteiger partial charge in [-0.15, -0.1) is 13.2 Å². The number of benzene rings is 1. The summed E-state index contributed by atoms with van der Waals surface area (Å²) in [5, 5.41) is 0. The van der Waals surface area contributed by atoms with E-state index < -0.39 is 6.36 Å². The first-order chi connectivity index (χ1) is 9.58. The molecule has 3 nitrogen and oxygen atoms in total. The van der Waals surface area contributed by atoms with Gasteiger partial charge >= 0.3 is 6.36 Å². The first-order valence-electron chi connectivity index (χ1n) is 6.25. The van der Waals surface area contributed by atoms with E-state index in [4.69, 9.17) is 12.2 Å². The Balaban J connectivity index is 2.51. The van der Waals surface area contributed by atoms with Crippen LogP contribution in [0.2, 0.25) is 0 Å². The molecule has 0 aliphatic carbocycles. The Morgan fingerprint density at radius 3 is 2.43 bits per heavy atom. The van der Waals surface area contributed by atoms with Crippen LogP contribution in [0.4, 0.5) is 13.2 Å². The summed E-state index contributed by atoms with van der Waals surface area (Å²) < 4.78 is 43.0. The summed E-state index contributed by atoms with van der Waals surface area (Å²) in [6, 6.07) is 5.75. The summed E-state index contributed by atoms with van der Waals surface area (Å²) >= 11 is 5.22. The number of hydrogen-bond donors (Lipinski definition) is 1. The van der Waals surface area contributed by atoms with E-state index in [2.05, 4.69) is 9.72 Å². The van der Waals surface area contributed by atoms with Crippen LogP contribution < -0.4 is 4.74 Å². The molecule has 2 aromatic rings. The molecule has 0 aliphatic rings. The number of H-pyrrole nitrogens is 1. The number of rotatable bonds is 2. The standard InChI is InChI=1S/C14H15F3N2OS/c1-13(2,3)11-8-18-12(21)19(11)9-5-4-6-10(7-9)20-14(15,16)17/h4-8H,1-3H3,(H,18,21). The van der Waals surface area contributed by atoms with E-state index in [1.165, 1.54) is 18.2 Å². The predicted octanol–water partition coefficient (Wildman–Crippen LogP) is 4.73. The molecule has 1 aromatic heterocycles. The summed E-state index contributed by atoms with van der Waals surface area (Å²) in [6.45, 7) is 5.99. The highest BCUT2D eigenvalue weighted by atomic mass is 32.1. The van der Waals surface area contributed by atoms with Gasteiger partial charge in [0.25, 0.3) is 0 Å². The number of ether oxygens (including phenoxy) is 1. The molecule has 0 radical (unpaired) electrons. The number of alkyl halides is 3. The molecule has 7 heteroatoms. The van der Waals surface area contributed by atoms with Crippen molar-refractivity contribution < 1.29 is 17.9 Å². The topological polar surface area (TPSA) is 29.9 Å². The van der Waals surface area contributed by atoms with Gasteiger partial charge in [-0.25, -0.2) is 0 Å². The van der Waals surface area contributed by atoms with Crippen molar-refractivity contribution in [2.75, 3.05) is 0 Å². The van der Waals surface area contributed by atoms with Crippen LogP contribution in [0.15, 0.2) is 30.5 Å². The van der Waals surface area contributed by atoms with Gasteiger partial charge in [0.05, 0.1) is 5.69 Å². The maximum atomic E-state index is 12.3. The van der Waals surface area contributed by atoms with E-state index in [0.29, 0.717) is 10.5 Å². The van der Waals surface area contributed by atoms with Crippen LogP contribution in [0.1, 0.15) is 26.5 Å². The van der Waals surface area contributed by atoms with E-state index in [-0.39, 0.29) is 11.2 Å². The molecule has 0 spiro atoms. The number of hydrogen-bond acceptors (Lipinski definition) is 2. The molecule has 0 aliphatic heterocycles. The maximum absolute atomic E-state index is 12.3. The molecule has 114 valence electrons.